The summed E-state index contributed by atoms with van der Waals surface area (Å²) in [6.07, 6.45) is 3.37. The maximum absolute atomic E-state index is 12.4. The average molecular weight is 453 g/mol. The number of nitrogens with one attached hydrogen (secondary N) is 4. The van der Waals surface area contributed by atoms with Crippen LogP contribution in [0.2, 0.25) is 0 Å². The van der Waals surface area contributed by atoms with Crippen LogP contribution in [-0.2, 0) is 11.3 Å². The summed E-state index contributed by atoms with van der Waals surface area (Å²) in [5, 5.41) is 12.5. The molecule has 1 aliphatic heterocycles. The minimum atomic E-state index is -0.555. The van der Waals surface area contributed by atoms with Crippen LogP contribution in [0.4, 0.5) is 22.2 Å². The molecule has 2 aromatic rings. The van der Waals surface area contributed by atoms with E-state index < -0.39 is 11.7 Å². The largest absolute Gasteiger partial charge is 0.444 e. The molecule has 0 saturated heterocycles. The van der Waals surface area contributed by atoms with E-state index in [0.29, 0.717) is 29.6 Å². The van der Waals surface area contributed by atoms with Gasteiger partial charge < -0.3 is 26.0 Å². The molecule has 9 heteroatoms. The Morgan fingerprint density at radius 3 is 2.64 bits per heavy atom. The first kappa shape index (κ1) is 22.8. The molecule has 4 rings (SSSR count). The van der Waals surface area contributed by atoms with Crippen LogP contribution in [0.15, 0.2) is 24.3 Å². The van der Waals surface area contributed by atoms with Gasteiger partial charge in [-0.2, -0.15) is 4.98 Å². The van der Waals surface area contributed by atoms with Gasteiger partial charge >= 0.3 is 6.09 Å². The SMILES string of the molecule is Cc1cccc(Nc2nc(N[C@H]3CCCC[C@H]3NC(=O)OC(C)(C)C)nc3c2C(=O)NC3)c1. The number of amides is 2. The number of rotatable bonds is 5. The topological polar surface area (TPSA) is 117 Å². The number of benzene rings is 1. The Kier molecular flexibility index (Phi) is 6.40. The quantitative estimate of drug-likeness (QED) is 0.541. The van der Waals surface area contributed by atoms with E-state index in [1.54, 1.807) is 0 Å². The molecule has 1 aromatic heterocycles. The van der Waals surface area contributed by atoms with Gasteiger partial charge in [0.1, 0.15) is 17.0 Å². The van der Waals surface area contributed by atoms with Gasteiger partial charge in [-0.25, -0.2) is 9.78 Å². The number of fused-ring (bicyclic) bond motifs is 1. The summed E-state index contributed by atoms with van der Waals surface area (Å²) >= 11 is 0. The lowest BCUT2D eigenvalue weighted by Gasteiger charge is -2.33. The summed E-state index contributed by atoms with van der Waals surface area (Å²) in [7, 11) is 0. The molecule has 4 N–H and O–H groups in total. The fourth-order valence-electron chi connectivity index (χ4n) is 4.24. The summed E-state index contributed by atoms with van der Waals surface area (Å²) in [6.45, 7) is 7.91. The van der Waals surface area contributed by atoms with Crippen molar-refractivity contribution >= 4 is 29.5 Å². The third kappa shape index (κ3) is 5.71. The van der Waals surface area contributed by atoms with Crippen molar-refractivity contribution in [2.24, 2.45) is 0 Å². The minimum absolute atomic E-state index is 0.0406. The molecule has 2 heterocycles. The van der Waals surface area contributed by atoms with Crippen LogP contribution >= 0.6 is 0 Å². The zero-order valence-electron chi connectivity index (χ0n) is 19.6. The number of nitrogens with zero attached hydrogens (tertiary/aromatic N) is 2. The number of aromatic nitrogens is 2. The van der Waals surface area contributed by atoms with Crippen LogP contribution in [0.3, 0.4) is 0 Å². The summed E-state index contributed by atoms with van der Waals surface area (Å²) < 4.78 is 5.44. The Balaban J connectivity index is 1.55. The van der Waals surface area contributed by atoms with Gasteiger partial charge in [-0.15, -0.1) is 0 Å². The standard InChI is InChI=1S/C24H32N6O3/c1-14-8-7-9-15(12-14)26-20-19-18(13-25-21(19)31)28-22(30-20)27-16-10-5-6-11-17(16)29-23(32)33-24(2,3)4/h7-9,12,16-17H,5-6,10-11,13H2,1-4H3,(H,25,31)(H,29,32)(H2,26,27,28,30)/t16-,17+/m0/s1. The average Bonchev–Trinajstić information content (AvgIpc) is 3.09. The molecule has 0 unspecified atom stereocenters. The van der Waals surface area contributed by atoms with E-state index in [0.717, 1.165) is 36.9 Å². The molecule has 2 amide bonds. The van der Waals surface area contributed by atoms with E-state index in [1.165, 1.54) is 0 Å². The Bertz CT molecular complexity index is 1050. The molecule has 33 heavy (non-hydrogen) atoms. The normalized spacial score (nSPS) is 19.9. The Labute approximate surface area is 194 Å². The van der Waals surface area contributed by atoms with E-state index in [2.05, 4.69) is 31.2 Å². The highest BCUT2D eigenvalue weighted by Crippen LogP contribution is 2.28. The smallest absolute Gasteiger partial charge is 0.407 e. The van der Waals surface area contributed by atoms with Crippen molar-refractivity contribution in [1.29, 1.82) is 0 Å². The van der Waals surface area contributed by atoms with Crippen LogP contribution in [0.1, 0.15) is 68.1 Å². The maximum Gasteiger partial charge on any atom is 0.407 e. The Morgan fingerprint density at radius 1 is 1.15 bits per heavy atom. The Hall–Kier alpha value is -3.36. The molecule has 1 aliphatic carbocycles. The monoisotopic (exact) mass is 452 g/mol. The number of ether oxygens (including phenoxy) is 1. The van der Waals surface area contributed by atoms with Crippen molar-refractivity contribution in [2.75, 3.05) is 10.6 Å². The van der Waals surface area contributed by atoms with Gasteiger partial charge in [-0.3, -0.25) is 4.79 Å². The van der Waals surface area contributed by atoms with Gasteiger partial charge in [-0.05, 0) is 58.2 Å². The molecule has 2 atom stereocenters. The van der Waals surface area contributed by atoms with Crippen LogP contribution < -0.4 is 21.3 Å². The predicted octanol–water partition coefficient (Wildman–Crippen LogP) is 4.02. The van der Waals surface area contributed by atoms with Gasteiger partial charge in [0.2, 0.25) is 5.95 Å². The van der Waals surface area contributed by atoms with E-state index >= 15 is 0 Å². The summed E-state index contributed by atoms with van der Waals surface area (Å²) in [5.41, 5.74) is 2.52. The van der Waals surface area contributed by atoms with Crippen LogP contribution in [0, 0.1) is 6.92 Å². The molecule has 0 radical (unpaired) electrons. The fraction of sp³-hybridized carbons (Fsp3) is 0.500. The lowest BCUT2D eigenvalue weighted by Crippen LogP contribution is -2.50. The Morgan fingerprint density at radius 2 is 1.91 bits per heavy atom. The van der Waals surface area contributed by atoms with E-state index in [-0.39, 0.29) is 18.0 Å². The van der Waals surface area contributed by atoms with E-state index in [9.17, 15) is 9.59 Å². The third-order valence-electron chi connectivity index (χ3n) is 5.69. The molecule has 1 aromatic carbocycles. The maximum atomic E-state index is 12.4. The predicted molar refractivity (Wildman–Crippen MR) is 127 cm³/mol. The molecule has 1 fully saturated rings. The lowest BCUT2D eigenvalue weighted by atomic mass is 9.90. The number of aryl methyl sites for hydroxylation is 1. The van der Waals surface area contributed by atoms with Gasteiger partial charge in [0, 0.05) is 11.7 Å². The number of hydrogen-bond donors (Lipinski definition) is 4. The number of alkyl carbamates (subject to hydrolysis) is 1. The zero-order chi connectivity index (χ0) is 23.6. The first-order chi connectivity index (χ1) is 15.7. The van der Waals surface area contributed by atoms with E-state index in [4.69, 9.17) is 4.74 Å². The van der Waals surface area contributed by atoms with Crippen LogP contribution in [0.25, 0.3) is 0 Å². The van der Waals surface area contributed by atoms with Crippen LogP contribution in [0.5, 0.6) is 0 Å². The molecule has 176 valence electrons. The first-order valence-electron chi connectivity index (χ1n) is 11.5. The molecular weight excluding hydrogens is 420 g/mol. The van der Waals surface area contributed by atoms with E-state index in [1.807, 2.05) is 52.0 Å². The van der Waals surface area contributed by atoms with Crippen molar-refractivity contribution in [3.8, 4) is 0 Å². The number of hydrogen-bond acceptors (Lipinski definition) is 7. The van der Waals surface area contributed by atoms with Crippen molar-refractivity contribution in [3.05, 3.63) is 41.1 Å². The molecular formula is C24H32N6O3. The van der Waals surface area contributed by atoms with Crippen molar-refractivity contribution in [2.45, 2.75) is 77.6 Å². The van der Waals surface area contributed by atoms with Crippen molar-refractivity contribution in [3.63, 3.8) is 0 Å². The van der Waals surface area contributed by atoms with Crippen molar-refractivity contribution in [1.82, 2.24) is 20.6 Å². The second kappa shape index (κ2) is 9.25. The number of carbonyl (C=O) groups is 2. The summed E-state index contributed by atoms with van der Waals surface area (Å²) in [4.78, 5) is 34.0. The second-order valence-corrected chi connectivity index (χ2v) is 9.68. The van der Waals surface area contributed by atoms with Gasteiger partial charge in [-0.1, -0.05) is 25.0 Å². The second-order valence-electron chi connectivity index (χ2n) is 9.68. The highest BCUT2D eigenvalue weighted by molar-refractivity contribution is 6.02. The van der Waals surface area contributed by atoms with Crippen molar-refractivity contribution < 1.29 is 14.3 Å². The summed E-state index contributed by atoms with van der Waals surface area (Å²) in [6, 6.07) is 7.75. The third-order valence-corrected chi connectivity index (χ3v) is 5.69. The molecule has 0 bridgehead atoms. The molecule has 0 spiro atoms. The number of carbonyl (C=O) groups excluding carboxylic acids is 2. The fourth-order valence-corrected chi connectivity index (χ4v) is 4.24. The first-order valence-corrected chi connectivity index (χ1v) is 11.5. The molecule has 1 saturated carbocycles. The highest BCUT2D eigenvalue weighted by atomic mass is 16.6. The summed E-state index contributed by atoms with van der Waals surface area (Å²) in [5.74, 6) is 0.715. The number of anilines is 3. The lowest BCUT2D eigenvalue weighted by molar-refractivity contribution is 0.0488. The van der Waals surface area contributed by atoms with Crippen LogP contribution in [-0.4, -0.2) is 39.7 Å². The molecule has 2 aliphatic rings. The van der Waals surface area contributed by atoms with Gasteiger partial charge in [0.25, 0.3) is 5.91 Å². The zero-order valence-corrected chi connectivity index (χ0v) is 19.6. The van der Waals surface area contributed by atoms with Gasteiger partial charge in [0.15, 0.2) is 0 Å². The molecule has 9 nitrogen and oxygen atoms in total. The van der Waals surface area contributed by atoms with Gasteiger partial charge in [0.05, 0.1) is 18.3 Å². The minimum Gasteiger partial charge on any atom is -0.444 e. The highest BCUT2D eigenvalue weighted by Gasteiger charge is 2.31.